The van der Waals surface area contributed by atoms with Crippen molar-refractivity contribution in [3.8, 4) is 0 Å². The number of hydrogen-bond donors (Lipinski definition) is 3. The fourth-order valence-electron chi connectivity index (χ4n) is 0.735. The minimum absolute atomic E-state index is 0.0847. The third-order valence-electron chi connectivity index (χ3n) is 1.38. The fourth-order valence-corrected chi connectivity index (χ4v) is 0.735. The van der Waals surface area contributed by atoms with Crippen LogP contribution in [0.3, 0.4) is 0 Å². The van der Waals surface area contributed by atoms with Crippen LogP contribution in [0.2, 0.25) is 0 Å². The molecule has 0 saturated carbocycles. The molecule has 0 aromatic heterocycles. The summed E-state index contributed by atoms with van der Waals surface area (Å²) in [5.41, 5.74) is 7.45. The zero-order chi connectivity index (χ0) is 9.56. The van der Waals surface area contributed by atoms with E-state index in [9.17, 15) is 0 Å². The van der Waals surface area contributed by atoms with E-state index in [0.29, 0.717) is 0 Å². The molecule has 0 rings (SSSR count). The van der Waals surface area contributed by atoms with Crippen LogP contribution in [-0.2, 0) is 0 Å². The second-order valence-corrected chi connectivity index (χ2v) is 2.86. The van der Waals surface area contributed by atoms with Crippen molar-refractivity contribution >= 4 is 5.84 Å². The largest absolute Gasteiger partial charge is 0.391 e. The number of rotatable bonds is 4. The lowest BCUT2D eigenvalue weighted by Crippen LogP contribution is -2.12. The van der Waals surface area contributed by atoms with Gasteiger partial charge in [0.25, 0.3) is 0 Å². The number of hydrogen-bond acceptors (Lipinski definition) is 2. The predicted molar refractivity (Wildman–Crippen MR) is 53.1 cm³/mol. The van der Waals surface area contributed by atoms with E-state index in [2.05, 4.69) is 11.4 Å². The maximum atomic E-state index is 7.05. The zero-order valence-corrected chi connectivity index (χ0v) is 7.94. The van der Waals surface area contributed by atoms with E-state index < -0.39 is 0 Å². The summed E-state index contributed by atoms with van der Waals surface area (Å²) in [5, 5.41) is 10.0. The summed E-state index contributed by atoms with van der Waals surface area (Å²) >= 11 is 0. The second-order valence-electron chi connectivity index (χ2n) is 2.86. The number of allylic oxidation sites excluding steroid dienone is 2. The summed E-state index contributed by atoms with van der Waals surface area (Å²) < 4.78 is 0. The lowest BCUT2D eigenvalue weighted by Gasteiger charge is -2.02. The number of nitrogens with two attached hydrogens (primary N) is 1. The summed E-state index contributed by atoms with van der Waals surface area (Å²) in [6.07, 6.45) is 4.52. The van der Waals surface area contributed by atoms with Gasteiger partial charge in [-0.15, -0.1) is 0 Å². The van der Waals surface area contributed by atoms with Crippen LogP contribution in [0, 0.1) is 5.41 Å². The summed E-state index contributed by atoms with van der Waals surface area (Å²) in [6.45, 7) is 4.09. The van der Waals surface area contributed by atoms with Crippen molar-refractivity contribution in [2.75, 3.05) is 7.05 Å². The molecule has 3 heteroatoms. The van der Waals surface area contributed by atoms with Crippen LogP contribution in [0.5, 0.6) is 0 Å². The maximum Gasteiger partial charge on any atom is 0.117 e. The molecule has 0 aliphatic rings. The normalized spacial score (nSPS) is 10.8. The first-order chi connectivity index (χ1) is 5.56. The summed E-state index contributed by atoms with van der Waals surface area (Å²) in [5.74, 6) is 0.0847. The van der Waals surface area contributed by atoms with Crippen molar-refractivity contribution in [1.29, 1.82) is 5.41 Å². The molecule has 68 valence electrons. The standard InChI is InChI=1S/C9H17N3/c1-7(2)4-5-8(12-3)6-9(10)11/h4,6,12H,5H2,1-3H3,(H3,10,11)/b8-6-. The molecule has 0 bridgehead atoms. The van der Waals surface area contributed by atoms with Crippen molar-refractivity contribution < 1.29 is 0 Å². The Morgan fingerprint density at radius 1 is 1.50 bits per heavy atom. The van der Waals surface area contributed by atoms with Crippen LogP contribution in [0.4, 0.5) is 0 Å². The molecular weight excluding hydrogens is 150 g/mol. The van der Waals surface area contributed by atoms with Gasteiger partial charge in [0.1, 0.15) is 5.84 Å². The Labute approximate surface area is 73.9 Å². The Morgan fingerprint density at radius 3 is 2.42 bits per heavy atom. The number of nitrogens with one attached hydrogen (secondary N) is 2. The van der Waals surface area contributed by atoms with Crippen molar-refractivity contribution in [1.82, 2.24) is 5.32 Å². The van der Waals surface area contributed by atoms with Gasteiger partial charge in [-0.1, -0.05) is 11.6 Å². The molecule has 0 heterocycles. The quantitative estimate of drug-likeness (QED) is 0.336. The Hall–Kier alpha value is -1.25. The van der Waals surface area contributed by atoms with Gasteiger partial charge >= 0.3 is 0 Å². The molecule has 0 amide bonds. The average Bonchev–Trinajstić information content (AvgIpc) is 1.97. The van der Waals surface area contributed by atoms with Crippen molar-refractivity contribution in [2.45, 2.75) is 20.3 Å². The molecule has 0 fully saturated rings. The monoisotopic (exact) mass is 167 g/mol. The lowest BCUT2D eigenvalue weighted by atomic mass is 10.2. The smallest absolute Gasteiger partial charge is 0.117 e. The van der Waals surface area contributed by atoms with E-state index in [0.717, 1.165) is 12.1 Å². The van der Waals surface area contributed by atoms with E-state index in [1.54, 1.807) is 6.08 Å². The van der Waals surface area contributed by atoms with E-state index in [4.69, 9.17) is 11.1 Å². The van der Waals surface area contributed by atoms with E-state index >= 15 is 0 Å². The van der Waals surface area contributed by atoms with Crippen LogP contribution in [0.1, 0.15) is 20.3 Å². The van der Waals surface area contributed by atoms with E-state index in [-0.39, 0.29) is 5.84 Å². The lowest BCUT2D eigenvalue weighted by molar-refractivity contribution is 0.936. The molecule has 0 saturated heterocycles. The second kappa shape index (κ2) is 5.41. The van der Waals surface area contributed by atoms with Gasteiger partial charge in [-0.3, -0.25) is 5.41 Å². The minimum Gasteiger partial charge on any atom is -0.391 e. The maximum absolute atomic E-state index is 7.05. The van der Waals surface area contributed by atoms with Gasteiger partial charge in [0.2, 0.25) is 0 Å². The highest BCUT2D eigenvalue weighted by molar-refractivity contribution is 5.89. The molecule has 3 nitrogen and oxygen atoms in total. The van der Waals surface area contributed by atoms with E-state index in [1.165, 1.54) is 5.57 Å². The van der Waals surface area contributed by atoms with Gasteiger partial charge in [-0.05, 0) is 19.9 Å². The molecular formula is C9H17N3. The van der Waals surface area contributed by atoms with Gasteiger partial charge in [-0.25, -0.2) is 0 Å². The molecule has 4 N–H and O–H groups in total. The Kier molecular flexibility index (Phi) is 4.84. The van der Waals surface area contributed by atoms with Gasteiger partial charge in [0.15, 0.2) is 0 Å². The molecule has 0 aliphatic carbocycles. The average molecular weight is 167 g/mol. The molecule has 0 aliphatic heterocycles. The zero-order valence-electron chi connectivity index (χ0n) is 7.94. The van der Waals surface area contributed by atoms with Crippen molar-refractivity contribution in [2.24, 2.45) is 5.73 Å². The Bertz CT molecular complexity index is 210. The topological polar surface area (TPSA) is 61.9 Å². The van der Waals surface area contributed by atoms with Crippen LogP contribution in [0.25, 0.3) is 0 Å². The molecule has 0 unspecified atom stereocenters. The first kappa shape index (κ1) is 10.8. The highest BCUT2D eigenvalue weighted by Gasteiger charge is 1.91. The van der Waals surface area contributed by atoms with Gasteiger partial charge in [0, 0.05) is 19.2 Å². The minimum atomic E-state index is 0.0847. The Balaban J connectivity index is 4.18. The third-order valence-corrected chi connectivity index (χ3v) is 1.38. The first-order valence-corrected chi connectivity index (χ1v) is 3.92. The fraction of sp³-hybridized carbons (Fsp3) is 0.444. The summed E-state index contributed by atoms with van der Waals surface area (Å²) in [7, 11) is 1.83. The number of amidine groups is 1. The molecule has 0 spiro atoms. The summed E-state index contributed by atoms with van der Waals surface area (Å²) in [6, 6.07) is 0. The predicted octanol–water partition coefficient (Wildman–Crippen LogP) is 1.38. The first-order valence-electron chi connectivity index (χ1n) is 3.92. The highest BCUT2D eigenvalue weighted by atomic mass is 14.8. The van der Waals surface area contributed by atoms with Crippen LogP contribution >= 0.6 is 0 Å². The molecule has 0 atom stereocenters. The van der Waals surface area contributed by atoms with Crippen molar-refractivity contribution in [3.63, 3.8) is 0 Å². The van der Waals surface area contributed by atoms with Gasteiger partial charge < -0.3 is 11.1 Å². The summed E-state index contributed by atoms with van der Waals surface area (Å²) in [4.78, 5) is 0. The highest BCUT2D eigenvalue weighted by Crippen LogP contribution is 2.00. The molecule has 12 heavy (non-hydrogen) atoms. The Morgan fingerprint density at radius 2 is 2.08 bits per heavy atom. The van der Waals surface area contributed by atoms with E-state index in [1.807, 2.05) is 20.9 Å². The van der Waals surface area contributed by atoms with Crippen molar-refractivity contribution in [3.05, 3.63) is 23.4 Å². The molecule has 0 aromatic carbocycles. The van der Waals surface area contributed by atoms with Gasteiger partial charge in [0.05, 0.1) is 0 Å². The molecule has 0 radical (unpaired) electrons. The molecule has 0 aromatic rings. The SMILES string of the molecule is CN/C(=C\C(=N)N)CC=C(C)C. The van der Waals surface area contributed by atoms with Gasteiger partial charge in [-0.2, -0.15) is 0 Å². The third kappa shape index (κ3) is 5.53. The van der Waals surface area contributed by atoms with Crippen LogP contribution in [0.15, 0.2) is 23.4 Å². The van der Waals surface area contributed by atoms with Crippen LogP contribution < -0.4 is 11.1 Å². The van der Waals surface area contributed by atoms with Crippen LogP contribution in [-0.4, -0.2) is 12.9 Å².